The number of ketones is 2. The molecule has 0 bridgehead atoms. The van der Waals surface area contributed by atoms with E-state index in [1.165, 1.54) is 18.7 Å². The van der Waals surface area contributed by atoms with Gasteiger partial charge in [-0.1, -0.05) is 30.0 Å². The summed E-state index contributed by atoms with van der Waals surface area (Å²) < 4.78 is 7.41. The maximum absolute atomic E-state index is 13.2. The van der Waals surface area contributed by atoms with Crippen molar-refractivity contribution in [2.45, 2.75) is 38.1 Å². The van der Waals surface area contributed by atoms with E-state index in [4.69, 9.17) is 4.42 Å². The molecule has 1 atom stereocenters. The van der Waals surface area contributed by atoms with Crippen LogP contribution in [-0.4, -0.2) is 36.6 Å². The SMILES string of the molecule is CC(=O)c1c(C)[nH]c(C(=O)C(C)Sc2nnc(-c3ccco3)n2-c2ccccc2)c1C. The summed E-state index contributed by atoms with van der Waals surface area (Å²) in [4.78, 5) is 28.2. The first-order valence-electron chi connectivity index (χ1n) is 9.84. The van der Waals surface area contributed by atoms with Gasteiger partial charge in [0.05, 0.1) is 17.2 Å². The van der Waals surface area contributed by atoms with Crippen LogP contribution >= 0.6 is 11.8 Å². The molecule has 4 aromatic rings. The molecule has 1 aromatic carbocycles. The van der Waals surface area contributed by atoms with Crippen molar-refractivity contribution >= 4 is 23.3 Å². The van der Waals surface area contributed by atoms with Crippen molar-refractivity contribution in [3.8, 4) is 17.3 Å². The number of hydrogen-bond acceptors (Lipinski definition) is 6. The molecule has 0 aliphatic heterocycles. The zero-order valence-electron chi connectivity index (χ0n) is 17.7. The van der Waals surface area contributed by atoms with Crippen molar-refractivity contribution in [3.05, 3.63) is 71.2 Å². The molecular weight excluding hydrogens is 412 g/mol. The Morgan fingerprint density at radius 3 is 2.45 bits per heavy atom. The first-order valence-corrected chi connectivity index (χ1v) is 10.7. The topological polar surface area (TPSA) is 93.8 Å². The Morgan fingerprint density at radius 1 is 1.10 bits per heavy atom. The summed E-state index contributed by atoms with van der Waals surface area (Å²) in [5, 5.41) is 8.77. The standard InChI is InChI=1S/C23H22N4O3S/c1-13-19(15(3)28)14(2)24-20(13)21(29)16(4)31-23-26-25-22(18-11-8-12-30-18)27(23)17-9-6-5-7-10-17/h5-12,16,24H,1-4H3. The Morgan fingerprint density at radius 2 is 1.84 bits per heavy atom. The zero-order valence-corrected chi connectivity index (χ0v) is 18.5. The van der Waals surface area contributed by atoms with Gasteiger partial charge in [-0.2, -0.15) is 0 Å². The van der Waals surface area contributed by atoms with E-state index in [-0.39, 0.29) is 11.6 Å². The molecule has 0 spiro atoms. The number of furan rings is 1. The predicted molar refractivity (Wildman–Crippen MR) is 119 cm³/mol. The molecule has 4 rings (SSSR count). The van der Waals surface area contributed by atoms with Crippen LogP contribution in [0.4, 0.5) is 0 Å². The molecule has 31 heavy (non-hydrogen) atoms. The highest BCUT2D eigenvalue weighted by Crippen LogP contribution is 2.32. The second kappa shape index (κ2) is 8.39. The minimum absolute atomic E-state index is 0.0579. The number of aryl methyl sites for hydroxylation is 1. The van der Waals surface area contributed by atoms with Gasteiger partial charge in [-0.15, -0.1) is 10.2 Å². The molecule has 1 unspecified atom stereocenters. The summed E-state index contributed by atoms with van der Waals surface area (Å²) in [6.45, 7) is 6.94. The van der Waals surface area contributed by atoms with E-state index in [9.17, 15) is 9.59 Å². The number of benzene rings is 1. The van der Waals surface area contributed by atoms with Crippen LogP contribution in [0.25, 0.3) is 17.3 Å². The fourth-order valence-corrected chi connectivity index (χ4v) is 4.59. The highest BCUT2D eigenvalue weighted by molar-refractivity contribution is 8.00. The fraction of sp³-hybridized carbons (Fsp3) is 0.217. The summed E-state index contributed by atoms with van der Waals surface area (Å²) in [5.74, 6) is 0.992. The molecule has 0 amide bonds. The molecule has 0 saturated carbocycles. The van der Waals surface area contributed by atoms with E-state index in [0.717, 1.165) is 5.69 Å². The Balaban J connectivity index is 1.69. The minimum Gasteiger partial charge on any atom is -0.461 e. The number of nitrogens with one attached hydrogen (secondary N) is 1. The van der Waals surface area contributed by atoms with E-state index in [1.807, 2.05) is 47.9 Å². The number of para-hydroxylation sites is 1. The van der Waals surface area contributed by atoms with Crippen molar-refractivity contribution in [3.63, 3.8) is 0 Å². The van der Waals surface area contributed by atoms with Crippen molar-refractivity contribution < 1.29 is 14.0 Å². The Bertz CT molecular complexity index is 1240. The van der Waals surface area contributed by atoms with Crippen molar-refractivity contribution in [2.24, 2.45) is 0 Å². The number of aromatic amines is 1. The monoisotopic (exact) mass is 434 g/mol. The third kappa shape index (κ3) is 3.86. The lowest BCUT2D eigenvalue weighted by Crippen LogP contribution is -2.16. The van der Waals surface area contributed by atoms with Crippen LogP contribution in [0.3, 0.4) is 0 Å². The van der Waals surface area contributed by atoms with Crippen molar-refractivity contribution in [2.75, 3.05) is 0 Å². The molecule has 8 heteroatoms. The molecule has 0 aliphatic rings. The van der Waals surface area contributed by atoms with Crippen molar-refractivity contribution in [1.82, 2.24) is 19.7 Å². The van der Waals surface area contributed by atoms with Gasteiger partial charge in [-0.05, 0) is 57.5 Å². The second-order valence-corrected chi connectivity index (χ2v) is 8.57. The van der Waals surface area contributed by atoms with Gasteiger partial charge in [0.15, 0.2) is 22.5 Å². The average molecular weight is 435 g/mol. The third-order valence-electron chi connectivity index (χ3n) is 5.08. The van der Waals surface area contributed by atoms with Crippen LogP contribution in [0, 0.1) is 13.8 Å². The molecule has 0 aliphatic carbocycles. The van der Waals surface area contributed by atoms with E-state index in [0.29, 0.717) is 39.3 Å². The molecule has 1 N–H and O–H groups in total. The second-order valence-electron chi connectivity index (χ2n) is 7.26. The number of hydrogen-bond donors (Lipinski definition) is 1. The molecule has 0 fully saturated rings. The molecule has 7 nitrogen and oxygen atoms in total. The summed E-state index contributed by atoms with van der Waals surface area (Å²) >= 11 is 1.31. The number of carbonyl (C=O) groups is 2. The fourth-order valence-electron chi connectivity index (χ4n) is 3.66. The van der Waals surface area contributed by atoms with Gasteiger partial charge in [0, 0.05) is 16.9 Å². The maximum atomic E-state index is 13.2. The molecule has 0 radical (unpaired) electrons. The lowest BCUT2D eigenvalue weighted by atomic mass is 10.0. The summed E-state index contributed by atoms with van der Waals surface area (Å²) in [6.07, 6.45) is 1.58. The molecule has 3 heterocycles. The first-order chi connectivity index (χ1) is 14.9. The molecular formula is C23H22N4O3S. The van der Waals surface area contributed by atoms with Gasteiger partial charge in [0.1, 0.15) is 0 Å². The number of H-pyrrole nitrogens is 1. The smallest absolute Gasteiger partial charge is 0.205 e. The van der Waals surface area contributed by atoms with Crippen LogP contribution in [0.15, 0.2) is 58.3 Å². The number of nitrogens with zero attached hydrogens (tertiary/aromatic N) is 3. The minimum atomic E-state index is -0.451. The predicted octanol–water partition coefficient (Wildman–Crippen LogP) is 5.04. The highest BCUT2D eigenvalue weighted by Gasteiger charge is 2.27. The molecule has 158 valence electrons. The van der Waals surface area contributed by atoms with Gasteiger partial charge in [-0.25, -0.2) is 0 Å². The van der Waals surface area contributed by atoms with Crippen LogP contribution in [0.1, 0.15) is 46.0 Å². The Labute approximate surface area is 183 Å². The summed E-state index contributed by atoms with van der Waals surface area (Å²) in [7, 11) is 0. The highest BCUT2D eigenvalue weighted by atomic mass is 32.2. The van der Waals surface area contributed by atoms with Gasteiger partial charge in [0.2, 0.25) is 5.82 Å². The largest absolute Gasteiger partial charge is 0.461 e. The lowest BCUT2D eigenvalue weighted by molar-refractivity contribution is 0.0988. The Hall–Kier alpha value is -3.39. The lowest BCUT2D eigenvalue weighted by Gasteiger charge is -2.12. The van der Waals surface area contributed by atoms with Gasteiger partial charge < -0.3 is 9.40 Å². The Kier molecular flexibility index (Phi) is 5.65. The number of carbonyl (C=O) groups excluding carboxylic acids is 2. The van der Waals surface area contributed by atoms with Crippen LogP contribution in [-0.2, 0) is 0 Å². The van der Waals surface area contributed by atoms with Gasteiger partial charge in [0.25, 0.3) is 0 Å². The van der Waals surface area contributed by atoms with E-state index < -0.39 is 5.25 Å². The molecule has 0 saturated heterocycles. The summed E-state index contributed by atoms with van der Waals surface area (Å²) in [5.41, 5.74) is 3.29. The van der Waals surface area contributed by atoms with E-state index in [2.05, 4.69) is 15.2 Å². The number of rotatable bonds is 7. The molecule has 3 aromatic heterocycles. The van der Waals surface area contributed by atoms with E-state index >= 15 is 0 Å². The number of Topliss-reactive ketones (excluding diaryl/α,β-unsaturated/α-hetero) is 2. The third-order valence-corrected chi connectivity index (χ3v) is 6.12. The van der Waals surface area contributed by atoms with Gasteiger partial charge in [-0.3, -0.25) is 14.2 Å². The van der Waals surface area contributed by atoms with E-state index in [1.54, 1.807) is 26.2 Å². The van der Waals surface area contributed by atoms with Gasteiger partial charge >= 0.3 is 0 Å². The van der Waals surface area contributed by atoms with Crippen LogP contribution in [0.5, 0.6) is 0 Å². The number of aromatic nitrogens is 4. The van der Waals surface area contributed by atoms with Crippen LogP contribution in [0.2, 0.25) is 0 Å². The van der Waals surface area contributed by atoms with Crippen LogP contribution < -0.4 is 0 Å². The quantitative estimate of drug-likeness (QED) is 0.324. The average Bonchev–Trinajstić information content (AvgIpc) is 3.47. The van der Waals surface area contributed by atoms with Crippen molar-refractivity contribution in [1.29, 1.82) is 0 Å². The number of thioether (sulfide) groups is 1. The summed E-state index contributed by atoms with van der Waals surface area (Å²) in [6, 6.07) is 13.3. The maximum Gasteiger partial charge on any atom is 0.205 e. The zero-order chi connectivity index (χ0) is 22.1. The normalized spacial score (nSPS) is 12.1. The first kappa shape index (κ1) is 20.9.